The molecule has 2 heterocycles. The molecule has 4 rings (SSSR count). The van der Waals surface area contributed by atoms with E-state index in [-0.39, 0.29) is 6.61 Å². The predicted molar refractivity (Wildman–Crippen MR) is 151 cm³/mol. The Morgan fingerprint density at radius 3 is 2.23 bits per heavy atom. The van der Waals surface area contributed by atoms with Gasteiger partial charge in [0.15, 0.2) is 29.8 Å². The second kappa shape index (κ2) is 14.4. The summed E-state index contributed by atoms with van der Waals surface area (Å²) >= 11 is 0. The second-order valence-corrected chi connectivity index (χ2v) is 11.2. The van der Waals surface area contributed by atoms with Crippen LogP contribution in [-0.2, 0) is 55.7 Å². The molecule has 0 bridgehead atoms. The van der Waals surface area contributed by atoms with Gasteiger partial charge in [-0.2, -0.15) is 0 Å². The van der Waals surface area contributed by atoms with Crippen molar-refractivity contribution in [3.8, 4) is 11.5 Å². The van der Waals surface area contributed by atoms with Crippen LogP contribution < -0.4 is 9.47 Å². The number of methoxy groups -OCH3 is 1. The van der Waals surface area contributed by atoms with Crippen molar-refractivity contribution in [3.05, 3.63) is 23.3 Å². The Morgan fingerprint density at radius 2 is 1.60 bits per heavy atom. The number of nitrogens with zero attached hydrogens (tertiary/aromatic N) is 1. The SMILES string of the molecule is CCCN1CCC[C@@H]2Cc3c(ccc(OC)c3O[C@@H]3O[C@H](C(=O)OCC)[C@@H](OC(C)=O)[C@H](OC(C)=O)[C@H]3OC(C)=O)C[C@H]21. The van der Waals surface area contributed by atoms with Gasteiger partial charge in [0, 0.05) is 32.4 Å². The topological polar surface area (TPSA) is 136 Å². The first-order valence-corrected chi connectivity index (χ1v) is 15.0. The standard InChI is InChI=1S/C31H43NO11/c1-7-13-32-14-9-10-21-15-22-20(16-23(21)32)11-12-24(37-6)25(22)42-31-29(41-19(5)35)27(40-18(4)34)26(39-17(3)33)28(43-31)30(36)38-8-2/h11-12,21,23,26-29,31H,7-10,13-16H2,1-6H3/t21-,23-,26+,27+,28+,29-,31-/m1/s1. The van der Waals surface area contributed by atoms with Crippen LogP contribution in [0.25, 0.3) is 0 Å². The van der Waals surface area contributed by atoms with Crippen molar-refractivity contribution in [2.45, 2.75) is 103 Å². The van der Waals surface area contributed by atoms with E-state index in [1.807, 2.05) is 12.1 Å². The summed E-state index contributed by atoms with van der Waals surface area (Å²) in [5.41, 5.74) is 2.05. The van der Waals surface area contributed by atoms with Crippen LogP contribution in [0.1, 0.15) is 65.0 Å². The fourth-order valence-electron chi connectivity index (χ4n) is 6.55. The average molecular weight is 606 g/mol. The van der Waals surface area contributed by atoms with Gasteiger partial charge in [-0.15, -0.1) is 0 Å². The zero-order valence-corrected chi connectivity index (χ0v) is 25.8. The van der Waals surface area contributed by atoms with Crippen molar-refractivity contribution >= 4 is 23.9 Å². The van der Waals surface area contributed by atoms with Crippen molar-refractivity contribution in [2.75, 3.05) is 26.8 Å². The molecule has 1 aliphatic carbocycles. The van der Waals surface area contributed by atoms with Gasteiger partial charge in [0.2, 0.25) is 12.4 Å². The fraction of sp³-hybridized carbons (Fsp3) is 0.677. The summed E-state index contributed by atoms with van der Waals surface area (Å²) in [7, 11) is 1.52. The first-order chi connectivity index (χ1) is 20.6. The van der Waals surface area contributed by atoms with Gasteiger partial charge in [-0.25, -0.2) is 4.79 Å². The van der Waals surface area contributed by atoms with Crippen molar-refractivity contribution in [3.63, 3.8) is 0 Å². The third-order valence-corrected chi connectivity index (χ3v) is 8.13. The summed E-state index contributed by atoms with van der Waals surface area (Å²) in [4.78, 5) is 52.2. The summed E-state index contributed by atoms with van der Waals surface area (Å²) in [6.45, 7) is 9.42. The van der Waals surface area contributed by atoms with Crippen LogP contribution in [0.4, 0.5) is 0 Å². The number of fused-ring (bicyclic) bond motifs is 2. The zero-order chi connectivity index (χ0) is 31.3. The molecule has 1 aromatic rings. The van der Waals surface area contributed by atoms with Crippen LogP contribution in [-0.4, -0.2) is 92.3 Å². The van der Waals surface area contributed by atoms with Gasteiger partial charge in [0.1, 0.15) is 0 Å². The van der Waals surface area contributed by atoms with Gasteiger partial charge < -0.3 is 33.2 Å². The number of carbonyl (C=O) groups is 4. The summed E-state index contributed by atoms with van der Waals surface area (Å²) in [6.07, 6.45) is -2.43. The van der Waals surface area contributed by atoms with E-state index in [4.69, 9.17) is 33.2 Å². The van der Waals surface area contributed by atoms with Crippen molar-refractivity contribution in [1.29, 1.82) is 0 Å². The van der Waals surface area contributed by atoms with Crippen LogP contribution in [0.15, 0.2) is 12.1 Å². The zero-order valence-electron chi connectivity index (χ0n) is 25.8. The van der Waals surface area contributed by atoms with Crippen LogP contribution in [0, 0.1) is 5.92 Å². The average Bonchev–Trinajstić information content (AvgIpc) is 2.95. The second-order valence-electron chi connectivity index (χ2n) is 11.2. The first-order valence-electron chi connectivity index (χ1n) is 15.0. The van der Waals surface area contributed by atoms with Crippen molar-refractivity contribution in [1.82, 2.24) is 4.90 Å². The lowest BCUT2D eigenvalue weighted by molar-refractivity contribution is -0.283. The smallest absolute Gasteiger partial charge is 0.339 e. The number of likely N-dealkylation sites (tertiary alicyclic amines) is 1. The Bertz CT molecular complexity index is 1180. The van der Waals surface area contributed by atoms with Crippen LogP contribution in [0.2, 0.25) is 0 Å². The highest BCUT2D eigenvalue weighted by atomic mass is 16.7. The van der Waals surface area contributed by atoms with Gasteiger partial charge in [0.05, 0.1) is 13.7 Å². The molecule has 238 valence electrons. The first kappa shape index (κ1) is 32.5. The number of rotatable bonds is 10. The van der Waals surface area contributed by atoms with Gasteiger partial charge in [-0.05, 0) is 69.7 Å². The van der Waals surface area contributed by atoms with Gasteiger partial charge in [0.25, 0.3) is 0 Å². The highest BCUT2D eigenvalue weighted by molar-refractivity contribution is 5.77. The molecule has 0 N–H and O–H groups in total. The van der Waals surface area contributed by atoms with E-state index in [0.29, 0.717) is 23.5 Å². The molecule has 12 nitrogen and oxygen atoms in total. The van der Waals surface area contributed by atoms with Gasteiger partial charge in [-0.1, -0.05) is 13.0 Å². The quantitative estimate of drug-likeness (QED) is 0.287. The van der Waals surface area contributed by atoms with E-state index in [0.717, 1.165) is 70.2 Å². The minimum absolute atomic E-state index is 0.0141. The normalized spacial score (nSPS) is 28.5. The van der Waals surface area contributed by atoms with Crippen LogP contribution in [0.5, 0.6) is 11.5 Å². The molecule has 0 aromatic heterocycles. The number of hydrogen-bond acceptors (Lipinski definition) is 12. The van der Waals surface area contributed by atoms with E-state index < -0.39 is 54.6 Å². The number of benzene rings is 1. The number of esters is 4. The Hall–Kier alpha value is -3.38. The monoisotopic (exact) mass is 605 g/mol. The number of ether oxygens (including phenoxy) is 7. The summed E-state index contributed by atoms with van der Waals surface area (Å²) in [5, 5.41) is 0. The van der Waals surface area contributed by atoms with Crippen molar-refractivity contribution < 1.29 is 52.3 Å². The highest BCUT2D eigenvalue weighted by Crippen LogP contribution is 2.44. The maximum Gasteiger partial charge on any atom is 0.339 e. The number of piperidine rings is 1. The largest absolute Gasteiger partial charge is 0.493 e. The molecular formula is C31H43NO11. The van der Waals surface area contributed by atoms with E-state index in [1.165, 1.54) is 14.0 Å². The van der Waals surface area contributed by atoms with Crippen LogP contribution in [0.3, 0.4) is 0 Å². The fourth-order valence-corrected chi connectivity index (χ4v) is 6.55. The maximum absolute atomic E-state index is 13.1. The molecule has 0 saturated carbocycles. The Labute approximate surface area is 252 Å². The molecule has 7 atom stereocenters. The molecule has 0 amide bonds. The summed E-state index contributed by atoms with van der Waals surface area (Å²) in [6, 6.07) is 4.29. The summed E-state index contributed by atoms with van der Waals surface area (Å²) in [5.74, 6) is -1.86. The molecular weight excluding hydrogens is 562 g/mol. The molecule has 0 radical (unpaired) electrons. The lowest BCUT2D eigenvalue weighted by Gasteiger charge is -2.46. The third kappa shape index (κ3) is 7.41. The Balaban J connectivity index is 1.76. The number of carbonyl (C=O) groups excluding carboxylic acids is 4. The minimum Gasteiger partial charge on any atom is -0.493 e. The molecule has 2 aliphatic heterocycles. The molecule has 1 aromatic carbocycles. The molecule has 12 heteroatoms. The Kier molecular flexibility index (Phi) is 10.9. The van der Waals surface area contributed by atoms with Gasteiger partial charge in [-0.3, -0.25) is 19.3 Å². The number of hydrogen-bond donors (Lipinski definition) is 0. The molecule has 2 saturated heterocycles. The maximum atomic E-state index is 13.1. The Morgan fingerprint density at radius 1 is 0.930 bits per heavy atom. The molecule has 2 fully saturated rings. The van der Waals surface area contributed by atoms with E-state index in [2.05, 4.69) is 11.8 Å². The highest BCUT2D eigenvalue weighted by Gasteiger charge is 2.56. The minimum atomic E-state index is -1.54. The lowest BCUT2D eigenvalue weighted by atomic mass is 9.75. The van der Waals surface area contributed by atoms with Gasteiger partial charge >= 0.3 is 23.9 Å². The molecule has 43 heavy (non-hydrogen) atoms. The van der Waals surface area contributed by atoms with E-state index in [9.17, 15) is 19.2 Å². The molecule has 0 spiro atoms. The van der Waals surface area contributed by atoms with E-state index >= 15 is 0 Å². The van der Waals surface area contributed by atoms with E-state index in [1.54, 1.807) is 6.92 Å². The third-order valence-electron chi connectivity index (χ3n) is 8.13. The molecule has 0 unspecified atom stereocenters. The summed E-state index contributed by atoms with van der Waals surface area (Å²) < 4.78 is 40.0. The predicted octanol–water partition coefficient (Wildman–Crippen LogP) is 2.75. The van der Waals surface area contributed by atoms with Crippen LogP contribution >= 0.6 is 0 Å². The lowest BCUT2D eigenvalue weighted by Crippen LogP contribution is -2.64. The molecule has 3 aliphatic rings. The van der Waals surface area contributed by atoms with Crippen molar-refractivity contribution in [2.24, 2.45) is 5.92 Å².